The predicted molar refractivity (Wildman–Crippen MR) is 75.9 cm³/mol. The molecular weight excluding hydrogens is 242 g/mol. The highest BCUT2D eigenvalue weighted by atomic mass is 16.5. The Morgan fingerprint density at radius 2 is 1.95 bits per heavy atom. The maximum Gasteiger partial charge on any atom is 0.322 e. The Kier molecular flexibility index (Phi) is 6.80. The number of hydrogen-bond acceptors (Lipinski definition) is 4. The Bertz CT molecular complexity index is 273. The molecule has 0 aromatic rings. The van der Waals surface area contributed by atoms with E-state index >= 15 is 0 Å². The summed E-state index contributed by atoms with van der Waals surface area (Å²) < 4.78 is 4.86. The fourth-order valence-corrected chi connectivity index (χ4v) is 2.91. The smallest absolute Gasteiger partial charge is 0.322 e. The van der Waals surface area contributed by atoms with E-state index in [2.05, 4.69) is 19.2 Å². The number of aliphatic hydroxyl groups excluding tert-OH is 1. The van der Waals surface area contributed by atoms with Crippen LogP contribution in [0.3, 0.4) is 0 Å². The first kappa shape index (κ1) is 16.4. The lowest BCUT2D eigenvalue weighted by Crippen LogP contribution is -2.46. The number of hydrogen-bond donors (Lipinski definition) is 2. The van der Waals surface area contributed by atoms with Gasteiger partial charge in [-0.15, -0.1) is 0 Å². The van der Waals surface area contributed by atoms with Crippen molar-refractivity contribution in [1.82, 2.24) is 5.32 Å². The lowest BCUT2D eigenvalue weighted by Gasteiger charge is -2.37. The second-order valence-electron chi connectivity index (χ2n) is 6.30. The Balaban J connectivity index is 2.55. The summed E-state index contributed by atoms with van der Waals surface area (Å²) in [7, 11) is 1.43. The summed E-state index contributed by atoms with van der Waals surface area (Å²) >= 11 is 0. The Hall–Kier alpha value is -0.610. The van der Waals surface area contributed by atoms with Crippen LogP contribution in [0.2, 0.25) is 0 Å². The maximum absolute atomic E-state index is 11.8. The van der Waals surface area contributed by atoms with Crippen molar-refractivity contribution in [1.29, 1.82) is 0 Å². The molecule has 0 aromatic heterocycles. The second-order valence-corrected chi connectivity index (χ2v) is 6.30. The molecule has 1 aliphatic carbocycles. The Morgan fingerprint density at radius 3 is 2.42 bits per heavy atom. The quantitative estimate of drug-likeness (QED) is 0.696. The van der Waals surface area contributed by atoms with Gasteiger partial charge in [-0.2, -0.15) is 0 Å². The number of ether oxygens (including phenoxy) is 1. The van der Waals surface area contributed by atoms with Crippen LogP contribution < -0.4 is 5.32 Å². The van der Waals surface area contributed by atoms with Crippen LogP contribution in [-0.2, 0) is 9.53 Å². The minimum absolute atomic E-state index is 0.0402. The number of rotatable bonds is 7. The summed E-state index contributed by atoms with van der Waals surface area (Å²) in [5.41, 5.74) is -0.0402. The van der Waals surface area contributed by atoms with Gasteiger partial charge in [0.15, 0.2) is 0 Å². The van der Waals surface area contributed by atoms with E-state index in [9.17, 15) is 9.90 Å². The van der Waals surface area contributed by atoms with E-state index in [0.29, 0.717) is 12.5 Å². The molecule has 0 bridgehead atoms. The highest BCUT2D eigenvalue weighted by Gasteiger charge is 2.33. The normalized spacial score (nSPS) is 20.3. The van der Waals surface area contributed by atoms with E-state index in [-0.39, 0.29) is 24.0 Å². The molecule has 4 heteroatoms. The molecule has 0 aliphatic heterocycles. The minimum Gasteiger partial charge on any atom is -0.468 e. The zero-order chi connectivity index (χ0) is 14.3. The van der Waals surface area contributed by atoms with Gasteiger partial charge in [0.05, 0.1) is 7.11 Å². The van der Waals surface area contributed by atoms with Crippen LogP contribution in [0.1, 0.15) is 52.4 Å². The van der Waals surface area contributed by atoms with Gasteiger partial charge in [0.2, 0.25) is 0 Å². The van der Waals surface area contributed by atoms with E-state index in [1.54, 1.807) is 0 Å². The maximum atomic E-state index is 11.8. The Labute approximate surface area is 116 Å². The minimum atomic E-state index is -0.254. The largest absolute Gasteiger partial charge is 0.468 e. The molecule has 112 valence electrons. The molecule has 0 heterocycles. The first-order chi connectivity index (χ1) is 9.03. The topological polar surface area (TPSA) is 58.6 Å². The molecule has 1 fully saturated rings. The van der Waals surface area contributed by atoms with Crippen molar-refractivity contribution in [3.63, 3.8) is 0 Å². The van der Waals surface area contributed by atoms with Crippen molar-refractivity contribution >= 4 is 5.97 Å². The molecule has 19 heavy (non-hydrogen) atoms. The summed E-state index contributed by atoms with van der Waals surface area (Å²) in [6.07, 6.45) is 6.48. The van der Waals surface area contributed by atoms with E-state index < -0.39 is 0 Å². The fourth-order valence-electron chi connectivity index (χ4n) is 2.91. The fraction of sp³-hybridized carbons (Fsp3) is 0.933. The van der Waals surface area contributed by atoms with Crippen LogP contribution in [0.25, 0.3) is 0 Å². The Morgan fingerprint density at radius 1 is 1.32 bits per heavy atom. The van der Waals surface area contributed by atoms with Gasteiger partial charge in [0.1, 0.15) is 6.04 Å². The summed E-state index contributed by atoms with van der Waals surface area (Å²) in [6.45, 7) is 5.10. The van der Waals surface area contributed by atoms with Crippen molar-refractivity contribution in [2.45, 2.75) is 58.4 Å². The summed E-state index contributed by atoms with van der Waals surface area (Å²) in [6, 6.07) is -0.254. The van der Waals surface area contributed by atoms with E-state index in [4.69, 9.17) is 4.74 Å². The van der Waals surface area contributed by atoms with Crippen molar-refractivity contribution in [2.75, 3.05) is 20.3 Å². The lowest BCUT2D eigenvalue weighted by molar-refractivity contribution is -0.143. The zero-order valence-corrected chi connectivity index (χ0v) is 12.6. The molecule has 1 rings (SSSR count). The summed E-state index contributed by atoms with van der Waals surface area (Å²) in [4.78, 5) is 11.8. The monoisotopic (exact) mass is 271 g/mol. The van der Waals surface area contributed by atoms with E-state index in [1.807, 2.05) is 0 Å². The van der Waals surface area contributed by atoms with Gasteiger partial charge < -0.3 is 15.2 Å². The van der Waals surface area contributed by atoms with Gasteiger partial charge in [-0.05, 0) is 25.2 Å². The number of carbonyl (C=O) groups is 1. The number of methoxy groups -OCH3 is 1. The van der Waals surface area contributed by atoms with Crippen molar-refractivity contribution in [3.05, 3.63) is 0 Å². The number of nitrogens with one attached hydrogen (secondary N) is 1. The first-order valence-corrected chi connectivity index (χ1v) is 7.45. The average Bonchev–Trinajstić information content (AvgIpc) is 2.43. The van der Waals surface area contributed by atoms with E-state index in [1.165, 1.54) is 26.4 Å². The molecule has 1 aliphatic rings. The standard InChI is InChI=1S/C15H29NO3/c1-12(2)9-13(14(18)19-3)16-10-15(11-17)7-5-4-6-8-15/h12-13,16-17H,4-11H2,1-3H3. The molecule has 0 aromatic carbocycles. The van der Waals surface area contributed by atoms with Gasteiger partial charge in [0.25, 0.3) is 0 Å². The predicted octanol–water partition coefficient (Wildman–Crippen LogP) is 2.11. The highest BCUT2D eigenvalue weighted by Crippen LogP contribution is 2.35. The van der Waals surface area contributed by atoms with Gasteiger partial charge in [0, 0.05) is 18.6 Å². The second kappa shape index (κ2) is 7.85. The van der Waals surface area contributed by atoms with Crippen LogP contribution in [0, 0.1) is 11.3 Å². The van der Waals surface area contributed by atoms with E-state index in [0.717, 1.165) is 19.3 Å². The van der Waals surface area contributed by atoms with Gasteiger partial charge >= 0.3 is 5.97 Å². The van der Waals surface area contributed by atoms with Gasteiger partial charge in [-0.3, -0.25) is 4.79 Å². The molecular formula is C15H29NO3. The molecule has 0 saturated heterocycles. The number of esters is 1. The van der Waals surface area contributed by atoms with Gasteiger partial charge in [-0.1, -0.05) is 33.1 Å². The molecule has 1 atom stereocenters. The van der Waals surface area contributed by atoms with Crippen molar-refractivity contribution in [2.24, 2.45) is 11.3 Å². The summed E-state index contributed by atoms with van der Waals surface area (Å²) in [5, 5.41) is 13.0. The molecule has 1 unspecified atom stereocenters. The summed E-state index contributed by atoms with van der Waals surface area (Å²) in [5.74, 6) is 0.241. The third-order valence-corrected chi connectivity index (χ3v) is 4.17. The number of carbonyl (C=O) groups excluding carboxylic acids is 1. The van der Waals surface area contributed by atoms with Crippen LogP contribution in [-0.4, -0.2) is 37.4 Å². The van der Waals surface area contributed by atoms with Crippen LogP contribution >= 0.6 is 0 Å². The molecule has 0 radical (unpaired) electrons. The molecule has 0 spiro atoms. The first-order valence-electron chi connectivity index (χ1n) is 7.45. The number of aliphatic hydroxyl groups is 1. The third kappa shape index (κ3) is 5.11. The molecule has 2 N–H and O–H groups in total. The van der Waals surface area contributed by atoms with Crippen LogP contribution in [0.15, 0.2) is 0 Å². The van der Waals surface area contributed by atoms with Crippen molar-refractivity contribution in [3.8, 4) is 0 Å². The highest BCUT2D eigenvalue weighted by molar-refractivity contribution is 5.75. The molecule has 0 amide bonds. The molecule has 1 saturated carbocycles. The molecule has 4 nitrogen and oxygen atoms in total. The SMILES string of the molecule is COC(=O)C(CC(C)C)NCC1(CO)CCCCC1. The average molecular weight is 271 g/mol. The lowest BCUT2D eigenvalue weighted by atomic mass is 9.74. The third-order valence-electron chi connectivity index (χ3n) is 4.17. The van der Waals surface area contributed by atoms with Gasteiger partial charge in [-0.25, -0.2) is 0 Å². The van der Waals surface area contributed by atoms with Crippen LogP contribution in [0.4, 0.5) is 0 Å². The zero-order valence-electron chi connectivity index (χ0n) is 12.6. The van der Waals surface area contributed by atoms with Crippen LogP contribution in [0.5, 0.6) is 0 Å². The van der Waals surface area contributed by atoms with Crippen molar-refractivity contribution < 1.29 is 14.6 Å².